The van der Waals surface area contributed by atoms with Crippen LogP contribution in [-0.2, 0) is 18.0 Å². The van der Waals surface area contributed by atoms with Gasteiger partial charge in [-0.1, -0.05) is 6.07 Å². The van der Waals surface area contributed by atoms with Crippen molar-refractivity contribution >= 4 is 5.91 Å². The Balaban J connectivity index is 1.76. The van der Waals surface area contributed by atoms with Gasteiger partial charge in [0, 0.05) is 24.2 Å². The fourth-order valence-electron chi connectivity index (χ4n) is 3.15. The van der Waals surface area contributed by atoms with Crippen LogP contribution in [0.15, 0.2) is 18.2 Å². The zero-order chi connectivity index (χ0) is 14.8. The van der Waals surface area contributed by atoms with Gasteiger partial charge in [0.05, 0.1) is 13.2 Å². The van der Waals surface area contributed by atoms with Crippen LogP contribution in [0.3, 0.4) is 0 Å². The number of benzene rings is 1. The summed E-state index contributed by atoms with van der Waals surface area (Å²) in [6.07, 6.45) is 2.37. The normalized spacial score (nSPS) is 20.8. The van der Waals surface area contributed by atoms with Crippen LogP contribution in [0.4, 0.5) is 0 Å². The Bertz CT molecular complexity index is 522. The lowest BCUT2D eigenvalue weighted by molar-refractivity contribution is 0.0689. The van der Waals surface area contributed by atoms with Crippen molar-refractivity contribution in [3.8, 4) is 0 Å². The predicted molar refractivity (Wildman–Crippen MR) is 82.1 cm³/mol. The highest BCUT2D eigenvalue weighted by Gasteiger charge is 2.25. The van der Waals surface area contributed by atoms with Crippen LogP contribution in [0.2, 0.25) is 0 Å². The monoisotopic (exact) mass is 288 g/mol. The molecular formula is C17H24N2O2. The summed E-state index contributed by atoms with van der Waals surface area (Å²) in [5.41, 5.74) is 3.15. The van der Waals surface area contributed by atoms with E-state index in [1.165, 1.54) is 12.0 Å². The number of carbonyl (C=O) groups excluding carboxylic acids is 1. The number of hydrogen-bond donors (Lipinski definition) is 1. The quantitative estimate of drug-likeness (QED) is 0.924. The molecule has 1 N–H and O–H groups in total. The average molecular weight is 288 g/mol. The summed E-state index contributed by atoms with van der Waals surface area (Å²) in [6, 6.07) is 6.62. The first-order valence-corrected chi connectivity index (χ1v) is 7.89. The van der Waals surface area contributed by atoms with E-state index in [0.717, 1.165) is 30.6 Å². The standard InChI is InChI=1S/C17H24N2O2/c1-12(2)19(9-16-4-3-7-18-16)17(20)13-5-6-14-10-21-11-15(14)8-13/h5-6,8,12,16,18H,3-4,7,9-11H2,1-2H3. The first-order chi connectivity index (χ1) is 10.1. The van der Waals surface area contributed by atoms with Gasteiger partial charge in [0.25, 0.3) is 5.91 Å². The molecule has 4 heteroatoms. The van der Waals surface area contributed by atoms with Crippen molar-refractivity contribution < 1.29 is 9.53 Å². The highest BCUT2D eigenvalue weighted by molar-refractivity contribution is 5.94. The molecule has 2 heterocycles. The maximum atomic E-state index is 12.8. The topological polar surface area (TPSA) is 41.6 Å². The van der Waals surface area contributed by atoms with Crippen LogP contribution in [0, 0.1) is 0 Å². The van der Waals surface area contributed by atoms with Crippen molar-refractivity contribution in [2.75, 3.05) is 13.1 Å². The fourth-order valence-corrected chi connectivity index (χ4v) is 3.15. The smallest absolute Gasteiger partial charge is 0.254 e. The molecule has 1 unspecified atom stereocenters. The maximum absolute atomic E-state index is 12.8. The molecule has 2 aliphatic rings. The van der Waals surface area contributed by atoms with Gasteiger partial charge < -0.3 is 15.0 Å². The molecule has 0 radical (unpaired) electrons. The van der Waals surface area contributed by atoms with Crippen LogP contribution in [-0.4, -0.2) is 36.0 Å². The average Bonchev–Trinajstić information content (AvgIpc) is 3.14. The third-order valence-electron chi connectivity index (χ3n) is 4.43. The Kier molecular flexibility index (Phi) is 4.27. The summed E-state index contributed by atoms with van der Waals surface area (Å²) in [6.45, 7) is 7.34. The summed E-state index contributed by atoms with van der Waals surface area (Å²) < 4.78 is 5.43. The van der Waals surface area contributed by atoms with E-state index in [9.17, 15) is 4.79 Å². The van der Waals surface area contributed by atoms with Crippen molar-refractivity contribution in [2.24, 2.45) is 0 Å². The molecule has 114 valence electrons. The molecule has 4 nitrogen and oxygen atoms in total. The van der Waals surface area contributed by atoms with Gasteiger partial charge in [-0.25, -0.2) is 0 Å². The molecule has 0 aromatic heterocycles. The van der Waals surface area contributed by atoms with Crippen LogP contribution >= 0.6 is 0 Å². The molecule has 1 saturated heterocycles. The SMILES string of the molecule is CC(C)N(CC1CCCN1)C(=O)c1ccc2c(c1)COC2. The van der Waals surface area contributed by atoms with Gasteiger partial charge in [0.15, 0.2) is 0 Å². The number of hydrogen-bond acceptors (Lipinski definition) is 3. The minimum atomic E-state index is 0.133. The minimum absolute atomic E-state index is 0.133. The van der Waals surface area contributed by atoms with E-state index in [4.69, 9.17) is 4.74 Å². The summed E-state index contributed by atoms with van der Waals surface area (Å²) >= 11 is 0. The van der Waals surface area contributed by atoms with E-state index < -0.39 is 0 Å². The summed E-state index contributed by atoms with van der Waals surface area (Å²) in [4.78, 5) is 14.8. The molecule has 0 spiro atoms. The van der Waals surface area contributed by atoms with Gasteiger partial charge in [0.2, 0.25) is 0 Å². The van der Waals surface area contributed by atoms with E-state index in [0.29, 0.717) is 19.3 Å². The van der Waals surface area contributed by atoms with Gasteiger partial charge in [-0.2, -0.15) is 0 Å². The van der Waals surface area contributed by atoms with Crippen molar-refractivity contribution in [1.29, 1.82) is 0 Å². The summed E-state index contributed by atoms with van der Waals surface area (Å²) in [5.74, 6) is 0.133. The molecule has 1 fully saturated rings. The number of fused-ring (bicyclic) bond motifs is 1. The van der Waals surface area contributed by atoms with Gasteiger partial charge in [0.1, 0.15) is 0 Å². The molecule has 2 aliphatic heterocycles. The van der Waals surface area contributed by atoms with E-state index in [-0.39, 0.29) is 11.9 Å². The van der Waals surface area contributed by atoms with Crippen molar-refractivity contribution in [3.05, 3.63) is 34.9 Å². The summed E-state index contributed by atoms with van der Waals surface area (Å²) in [7, 11) is 0. The summed E-state index contributed by atoms with van der Waals surface area (Å²) in [5, 5.41) is 3.48. The van der Waals surface area contributed by atoms with Crippen LogP contribution < -0.4 is 5.32 Å². The molecule has 1 amide bonds. The highest BCUT2D eigenvalue weighted by atomic mass is 16.5. The second kappa shape index (κ2) is 6.16. The van der Waals surface area contributed by atoms with Gasteiger partial charge in [-0.05, 0) is 56.5 Å². The van der Waals surface area contributed by atoms with Gasteiger partial charge >= 0.3 is 0 Å². The second-order valence-electron chi connectivity index (χ2n) is 6.32. The third kappa shape index (κ3) is 3.11. The Hall–Kier alpha value is -1.39. The van der Waals surface area contributed by atoms with Crippen LogP contribution in [0.25, 0.3) is 0 Å². The lowest BCUT2D eigenvalue weighted by Gasteiger charge is -2.29. The predicted octanol–water partition coefficient (Wildman–Crippen LogP) is 2.32. The molecule has 21 heavy (non-hydrogen) atoms. The number of rotatable bonds is 4. The Morgan fingerprint density at radius 1 is 1.38 bits per heavy atom. The van der Waals surface area contributed by atoms with Crippen molar-refractivity contribution in [2.45, 2.75) is 52.0 Å². The molecule has 3 rings (SSSR count). The first-order valence-electron chi connectivity index (χ1n) is 7.89. The molecule has 1 aromatic carbocycles. The van der Waals surface area contributed by atoms with Gasteiger partial charge in [-0.3, -0.25) is 4.79 Å². The van der Waals surface area contributed by atoms with Crippen LogP contribution in [0.5, 0.6) is 0 Å². The lowest BCUT2D eigenvalue weighted by atomic mass is 10.0. The zero-order valence-electron chi connectivity index (χ0n) is 12.9. The fraction of sp³-hybridized carbons (Fsp3) is 0.588. The number of ether oxygens (including phenoxy) is 1. The van der Waals surface area contributed by atoms with E-state index in [1.54, 1.807) is 0 Å². The molecule has 0 bridgehead atoms. The number of carbonyl (C=O) groups is 1. The molecule has 1 aromatic rings. The minimum Gasteiger partial charge on any atom is -0.372 e. The number of nitrogens with one attached hydrogen (secondary N) is 1. The molecular weight excluding hydrogens is 264 g/mol. The van der Waals surface area contributed by atoms with E-state index in [1.807, 2.05) is 23.1 Å². The van der Waals surface area contributed by atoms with Gasteiger partial charge in [-0.15, -0.1) is 0 Å². The maximum Gasteiger partial charge on any atom is 0.254 e. The van der Waals surface area contributed by atoms with Crippen molar-refractivity contribution in [3.63, 3.8) is 0 Å². The van der Waals surface area contributed by atoms with Crippen LogP contribution in [0.1, 0.15) is 48.2 Å². The Labute approximate surface area is 126 Å². The Morgan fingerprint density at radius 2 is 2.19 bits per heavy atom. The second-order valence-corrected chi connectivity index (χ2v) is 6.32. The lowest BCUT2D eigenvalue weighted by Crippen LogP contribution is -2.44. The number of nitrogens with zero attached hydrogens (tertiary/aromatic N) is 1. The molecule has 0 saturated carbocycles. The van der Waals surface area contributed by atoms with Crippen molar-refractivity contribution in [1.82, 2.24) is 10.2 Å². The highest BCUT2D eigenvalue weighted by Crippen LogP contribution is 2.22. The first kappa shape index (κ1) is 14.5. The van der Waals surface area contributed by atoms with E-state index >= 15 is 0 Å². The third-order valence-corrected chi connectivity index (χ3v) is 4.43. The number of amides is 1. The Morgan fingerprint density at radius 3 is 2.90 bits per heavy atom. The molecule has 1 atom stereocenters. The largest absolute Gasteiger partial charge is 0.372 e. The molecule has 0 aliphatic carbocycles. The zero-order valence-corrected chi connectivity index (χ0v) is 12.9. The van der Waals surface area contributed by atoms with E-state index in [2.05, 4.69) is 19.2 Å².